The van der Waals surface area contributed by atoms with Crippen molar-refractivity contribution >= 4 is 12.1 Å². The Balaban J connectivity index is 5.12. The molecule has 0 atom stereocenters. The highest BCUT2D eigenvalue weighted by molar-refractivity contribution is 5.93. The van der Waals surface area contributed by atoms with Crippen LogP contribution in [-0.4, -0.2) is 12.1 Å². The van der Waals surface area contributed by atoms with E-state index in [0.29, 0.717) is 0 Å². The maximum absolute atomic E-state index is 4.53. The van der Waals surface area contributed by atoms with E-state index in [4.69, 9.17) is 0 Å². The zero-order valence-electron chi connectivity index (χ0n) is 11.2. The Morgan fingerprint density at radius 3 is 1.73 bits per heavy atom. The standard InChI is InChI=1S/C13H24N2/c1-9-14-11(13(6,7)8)15-10(2)12(3,4)5/h9H,2H2,1,3-8H3. The normalized spacial score (nSPS) is 14.7. The maximum Gasteiger partial charge on any atom is 0.133 e. The van der Waals surface area contributed by atoms with Gasteiger partial charge in [-0.3, -0.25) is 0 Å². The average Bonchev–Trinajstić information content (AvgIpc) is 1.99. The van der Waals surface area contributed by atoms with E-state index < -0.39 is 0 Å². The molecular weight excluding hydrogens is 184 g/mol. The maximum atomic E-state index is 4.53. The Morgan fingerprint density at radius 1 is 1.00 bits per heavy atom. The third-order valence-corrected chi connectivity index (χ3v) is 2.03. The molecule has 0 saturated heterocycles. The van der Waals surface area contributed by atoms with E-state index in [-0.39, 0.29) is 10.8 Å². The van der Waals surface area contributed by atoms with Crippen LogP contribution in [-0.2, 0) is 0 Å². The van der Waals surface area contributed by atoms with Crippen molar-refractivity contribution in [1.82, 2.24) is 0 Å². The number of hydrogen-bond acceptors (Lipinski definition) is 1. The Hall–Kier alpha value is -0.920. The molecule has 0 radical (unpaired) electrons. The van der Waals surface area contributed by atoms with Crippen LogP contribution in [0.1, 0.15) is 48.5 Å². The van der Waals surface area contributed by atoms with E-state index >= 15 is 0 Å². The fourth-order valence-electron chi connectivity index (χ4n) is 0.808. The van der Waals surface area contributed by atoms with Gasteiger partial charge >= 0.3 is 0 Å². The molecule has 0 aromatic heterocycles. The SMILES string of the molecule is C=C(N=C(N=CC)C(C)(C)C)C(C)(C)C. The highest BCUT2D eigenvalue weighted by Gasteiger charge is 2.21. The van der Waals surface area contributed by atoms with Crippen molar-refractivity contribution in [2.45, 2.75) is 48.5 Å². The Morgan fingerprint density at radius 2 is 1.47 bits per heavy atom. The fourth-order valence-corrected chi connectivity index (χ4v) is 0.808. The number of aliphatic imine (C=N–C) groups is 2. The second-order valence-corrected chi connectivity index (χ2v) is 5.77. The number of rotatable bonds is 1. The van der Waals surface area contributed by atoms with Gasteiger partial charge in [0.05, 0.1) is 0 Å². The molecule has 0 bridgehead atoms. The molecule has 0 rings (SSSR count). The molecular formula is C13H24N2. The molecule has 86 valence electrons. The summed E-state index contributed by atoms with van der Waals surface area (Å²) in [5.74, 6) is 0.838. The van der Waals surface area contributed by atoms with E-state index in [1.807, 2.05) is 6.92 Å². The first-order chi connectivity index (χ1) is 6.59. The number of allylic oxidation sites excluding steroid dienone is 1. The lowest BCUT2D eigenvalue weighted by Gasteiger charge is -2.22. The number of nitrogens with zero attached hydrogens (tertiary/aromatic N) is 2. The molecule has 0 aliphatic heterocycles. The van der Waals surface area contributed by atoms with Crippen molar-refractivity contribution in [3.8, 4) is 0 Å². The molecule has 0 N–H and O–H groups in total. The molecule has 0 saturated carbocycles. The van der Waals surface area contributed by atoms with Gasteiger partial charge in [-0.1, -0.05) is 48.1 Å². The van der Waals surface area contributed by atoms with Gasteiger partial charge in [-0.15, -0.1) is 0 Å². The molecule has 0 aromatic carbocycles. The summed E-state index contributed by atoms with van der Waals surface area (Å²) in [5.41, 5.74) is 0.832. The Labute approximate surface area is 94.2 Å². The zero-order chi connectivity index (χ0) is 12.3. The van der Waals surface area contributed by atoms with Crippen LogP contribution in [0.25, 0.3) is 0 Å². The lowest BCUT2D eigenvalue weighted by atomic mass is 9.91. The van der Waals surface area contributed by atoms with Gasteiger partial charge in [0.15, 0.2) is 0 Å². The van der Waals surface area contributed by atoms with Crippen molar-refractivity contribution in [2.24, 2.45) is 20.8 Å². The minimum atomic E-state index is -0.0410. The Bertz CT molecular complexity index is 283. The van der Waals surface area contributed by atoms with Gasteiger partial charge in [0.2, 0.25) is 0 Å². The van der Waals surface area contributed by atoms with Crippen LogP contribution >= 0.6 is 0 Å². The first kappa shape index (κ1) is 14.1. The van der Waals surface area contributed by atoms with Gasteiger partial charge < -0.3 is 0 Å². The van der Waals surface area contributed by atoms with Crippen LogP contribution in [0.4, 0.5) is 0 Å². The van der Waals surface area contributed by atoms with Crippen molar-refractivity contribution in [1.29, 1.82) is 0 Å². The molecule has 0 unspecified atom stereocenters. The first-order valence-electron chi connectivity index (χ1n) is 5.36. The van der Waals surface area contributed by atoms with Crippen LogP contribution in [0.3, 0.4) is 0 Å². The Kier molecular flexibility index (Phi) is 4.44. The summed E-state index contributed by atoms with van der Waals surface area (Å²) in [4.78, 5) is 8.85. The molecule has 0 aliphatic rings. The van der Waals surface area contributed by atoms with Crippen molar-refractivity contribution in [2.75, 3.05) is 0 Å². The van der Waals surface area contributed by atoms with E-state index in [1.165, 1.54) is 0 Å². The number of hydrogen-bond donors (Lipinski definition) is 0. The van der Waals surface area contributed by atoms with Gasteiger partial charge in [-0.05, 0) is 6.92 Å². The third kappa shape index (κ3) is 4.91. The summed E-state index contributed by atoms with van der Waals surface area (Å²) < 4.78 is 0. The molecule has 0 spiro atoms. The van der Waals surface area contributed by atoms with Crippen molar-refractivity contribution in [3.05, 3.63) is 12.3 Å². The molecule has 0 aromatic rings. The first-order valence-corrected chi connectivity index (χ1v) is 5.36. The summed E-state index contributed by atoms with van der Waals surface area (Å²) in [6.07, 6.45) is 1.78. The minimum absolute atomic E-state index is 0.000237. The highest BCUT2D eigenvalue weighted by atomic mass is 14.9. The van der Waals surface area contributed by atoms with E-state index in [9.17, 15) is 0 Å². The summed E-state index contributed by atoms with van der Waals surface area (Å²) in [5, 5.41) is 0. The summed E-state index contributed by atoms with van der Waals surface area (Å²) >= 11 is 0. The molecule has 15 heavy (non-hydrogen) atoms. The predicted octanol–water partition coefficient (Wildman–Crippen LogP) is 4.08. The second-order valence-electron chi connectivity index (χ2n) is 5.77. The molecule has 0 fully saturated rings. The summed E-state index contributed by atoms with van der Waals surface area (Å²) in [6.45, 7) is 18.5. The fraction of sp³-hybridized carbons (Fsp3) is 0.692. The largest absolute Gasteiger partial charge is 0.246 e. The molecule has 2 heteroatoms. The monoisotopic (exact) mass is 208 g/mol. The van der Waals surface area contributed by atoms with Crippen LogP contribution in [0, 0.1) is 10.8 Å². The summed E-state index contributed by atoms with van der Waals surface area (Å²) in [7, 11) is 0. The van der Waals surface area contributed by atoms with Gasteiger partial charge in [-0.25, -0.2) is 9.98 Å². The van der Waals surface area contributed by atoms with Gasteiger partial charge in [0.25, 0.3) is 0 Å². The van der Waals surface area contributed by atoms with E-state index in [1.54, 1.807) is 6.21 Å². The van der Waals surface area contributed by atoms with Gasteiger partial charge in [0.1, 0.15) is 5.84 Å². The smallest absolute Gasteiger partial charge is 0.133 e. The van der Waals surface area contributed by atoms with Crippen LogP contribution in [0.15, 0.2) is 22.3 Å². The lowest BCUT2D eigenvalue weighted by molar-refractivity contribution is 0.495. The van der Waals surface area contributed by atoms with Crippen LogP contribution in [0.5, 0.6) is 0 Å². The zero-order valence-corrected chi connectivity index (χ0v) is 11.2. The minimum Gasteiger partial charge on any atom is -0.246 e. The highest BCUT2D eigenvalue weighted by Crippen LogP contribution is 2.27. The van der Waals surface area contributed by atoms with Gasteiger partial charge in [-0.2, -0.15) is 0 Å². The van der Waals surface area contributed by atoms with E-state index in [0.717, 1.165) is 11.5 Å². The predicted molar refractivity (Wildman–Crippen MR) is 69.7 cm³/mol. The van der Waals surface area contributed by atoms with Gasteiger partial charge in [0, 0.05) is 22.7 Å². The van der Waals surface area contributed by atoms with Crippen molar-refractivity contribution in [3.63, 3.8) is 0 Å². The molecule has 2 nitrogen and oxygen atoms in total. The second kappa shape index (κ2) is 4.73. The average molecular weight is 208 g/mol. The van der Waals surface area contributed by atoms with Crippen LogP contribution < -0.4 is 0 Å². The van der Waals surface area contributed by atoms with Crippen molar-refractivity contribution < 1.29 is 0 Å². The quantitative estimate of drug-likeness (QED) is 0.458. The number of amidine groups is 1. The lowest BCUT2D eigenvalue weighted by Crippen LogP contribution is -2.20. The van der Waals surface area contributed by atoms with E-state index in [2.05, 4.69) is 58.1 Å². The molecule has 0 amide bonds. The topological polar surface area (TPSA) is 24.7 Å². The van der Waals surface area contributed by atoms with Crippen LogP contribution in [0.2, 0.25) is 0 Å². The third-order valence-electron chi connectivity index (χ3n) is 2.03. The molecule has 0 heterocycles. The summed E-state index contributed by atoms with van der Waals surface area (Å²) in [6, 6.07) is 0. The molecule has 0 aliphatic carbocycles.